The summed E-state index contributed by atoms with van der Waals surface area (Å²) in [5, 5.41) is -0.354. The first kappa shape index (κ1) is 26.6. The highest BCUT2D eigenvalue weighted by molar-refractivity contribution is 8.17. The predicted molar refractivity (Wildman–Crippen MR) is 84.6 cm³/mol. The van der Waals surface area contributed by atoms with Crippen LogP contribution in [0.5, 0.6) is 5.75 Å². The molecule has 184 valence electrons. The molecule has 1 N–H and O–H groups in total. The molecule has 1 heterocycles. The molecule has 0 saturated carbocycles. The van der Waals surface area contributed by atoms with Crippen LogP contribution in [-0.4, -0.2) is 41.5 Å². The molecule has 18 heteroatoms. The molecule has 0 bridgehead atoms. The Bertz CT molecular complexity index is 958. The number of hydrogen-bond acceptors (Lipinski definition) is 4. The van der Waals surface area contributed by atoms with E-state index in [1.165, 1.54) is 5.32 Å². The molecule has 0 aromatic heterocycles. The van der Waals surface area contributed by atoms with Gasteiger partial charge in [-0.3, -0.25) is 4.79 Å². The molecule has 0 unspecified atom stereocenters. The number of halogens is 13. The van der Waals surface area contributed by atoms with E-state index < -0.39 is 75.3 Å². The second-order valence-electron chi connectivity index (χ2n) is 5.89. The van der Waals surface area contributed by atoms with Gasteiger partial charge in [0.15, 0.2) is 5.17 Å². The number of hydrogen-bond donors (Lipinski definition) is 1. The van der Waals surface area contributed by atoms with Crippen LogP contribution in [0.2, 0.25) is 0 Å². The summed E-state index contributed by atoms with van der Waals surface area (Å²) in [5.74, 6) is -6.16. The van der Waals surface area contributed by atoms with Crippen molar-refractivity contribution in [2.75, 3.05) is 0 Å². The zero-order valence-electron chi connectivity index (χ0n) is 14.9. The standard InChI is InChI=1S/C15H5F13N2O2S/c16-7(12(17,18)19)8-11(13(20,21)22,14(23,24)25)30-10(33-8)29-9(31)5-1-3-6(4-2-5)32-15(26,27)28/h1-4H,(H,29,30,31). The number of amidine groups is 1. The van der Waals surface area contributed by atoms with Crippen molar-refractivity contribution in [3.63, 3.8) is 0 Å². The fourth-order valence-corrected chi connectivity index (χ4v) is 3.45. The average Bonchev–Trinajstić information content (AvgIpc) is 2.99. The highest BCUT2D eigenvalue weighted by atomic mass is 32.2. The Hall–Kier alpha value is -2.66. The molecule has 1 aromatic carbocycles. The van der Waals surface area contributed by atoms with Crippen LogP contribution >= 0.6 is 11.8 Å². The molecule has 0 spiro atoms. The lowest BCUT2D eigenvalue weighted by atomic mass is 9.97. The number of amides is 1. The number of nitrogens with zero attached hydrogens (tertiary/aromatic N) is 1. The van der Waals surface area contributed by atoms with Crippen LogP contribution in [0.25, 0.3) is 0 Å². The molecule has 0 fully saturated rings. The summed E-state index contributed by atoms with van der Waals surface area (Å²) in [6, 6.07) is 2.31. The van der Waals surface area contributed by atoms with Gasteiger partial charge < -0.3 is 10.1 Å². The topological polar surface area (TPSA) is 50.7 Å². The van der Waals surface area contributed by atoms with Gasteiger partial charge >= 0.3 is 24.9 Å². The molecule has 4 nitrogen and oxygen atoms in total. The number of carbonyl (C=O) groups is 1. The molecular weight excluding hydrogens is 519 g/mol. The SMILES string of the molecule is O=C(NC1=NC(C(F)(F)F)(C(F)(F)F)C(=C(F)C(F)(F)F)S1)c1ccc(OC(F)(F)F)cc1. The first-order chi connectivity index (χ1) is 14.7. The Morgan fingerprint density at radius 2 is 1.36 bits per heavy atom. The van der Waals surface area contributed by atoms with E-state index in [1.54, 1.807) is 0 Å². The number of benzene rings is 1. The molecule has 1 aliphatic heterocycles. The van der Waals surface area contributed by atoms with Crippen molar-refractivity contribution in [3.8, 4) is 5.75 Å². The first-order valence-corrected chi connectivity index (χ1v) is 8.56. The van der Waals surface area contributed by atoms with Gasteiger partial charge in [-0.1, -0.05) is 11.8 Å². The number of rotatable bonds is 2. The van der Waals surface area contributed by atoms with Gasteiger partial charge in [0, 0.05) is 5.56 Å². The second kappa shape index (κ2) is 8.28. The molecule has 33 heavy (non-hydrogen) atoms. The number of nitrogens with one attached hydrogen (secondary N) is 1. The van der Waals surface area contributed by atoms with E-state index in [4.69, 9.17) is 0 Å². The molecule has 1 aromatic rings. The fourth-order valence-electron chi connectivity index (χ4n) is 2.30. The largest absolute Gasteiger partial charge is 0.573 e. The van der Waals surface area contributed by atoms with E-state index in [1.807, 2.05) is 0 Å². The maximum absolute atomic E-state index is 13.6. The monoisotopic (exact) mass is 524 g/mol. The van der Waals surface area contributed by atoms with Gasteiger partial charge in [-0.15, -0.1) is 13.2 Å². The summed E-state index contributed by atoms with van der Waals surface area (Å²) in [6.45, 7) is 0. The van der Waals surface area contributed by atoms with Crippen LogP contribution in [0.3, 0.4) is 0 Å². The normalized spacial score (nSPS) is 18.6. The number of aliphatic imine (C=N–C) groups is 1. The number of thioether (sulfide) groups is 1. The summed E-state index contributed by atoms with van der Waals surface area (Å²) in [6.07, 6.45) is -24.6. The van der Waals surface area contributed by atoms with Crippen LogP contribution < -0.4 is 10.1 Å². The lowest BCUT2D eigenvalue weighted by molar-refractivity contribution is -0.280. The van der Waals surface area contributed by atoms with E-state index in [0.29, 0.717) is 24.3 Å². The van der Waals surface area contributed by atoms with Crippen LogP contribution in [-0.2, 0) is 0 Å². The minimum absolute atomic E-state index is 0.552. The zero-order valence-corrected chi connectivity index (χ0v) is 15.7. The van der Waals surface area contributed by atoms with Gasteiger partial charge in [0.25, 0.3) is 11.4 Å². The zero-order chi connectivity index (χ0) is 25.6. The Morgan fingerprint density at radius 1 is 0.879 bits per heavy atom. The van der Waals surface area contributed by atoms with Crippen LogP contribution in [0.1, 0.15) is 10.4 Å². The molecule has 0 atom stereocenters. The average molecular weight is 524 g/mol. The third kappa shape index (κ3) is 5.47. The summed E-state index contributed by atoms with van der Waals surface area (Å²) in [5.41, 5.74) is -6.33. The number of ether oxygens (including phenoxy) is 1. The summed E-state index contributed by atoms with van der Waals surface area (Å²) >= 11 is -1.07. The number of allylic oxidation sites excluding steroid dienone is 1. The second-order valence-corrected chi connectivity index (χ2v) is 6.89. The molecule has 2 rings (SSSR count). The fraction of sp³-hybridized carbons (Fsp3) is 0.333. The minimum atomic E-state index is -6.61. The molecule has 0 saturated heterocycles. The highest BCUT2D eigenvalue weighted by Crippen LogP contribution is 2.59. The lowest BCUT2D eigenvalue weighted by Gasteiger charge is -2.31. The van der Waals surface area contributed by atoms with Gasteiger partial charge in [0.05, 0.1) is 4.91 Å². The maximum Gasteiger partial charge on any atom is 0.573 e. The van der Waals surface area contributed by atoms with E-state index in [-0.39, 0.29) is 0 Å². The van der Waals surface area contributed by atoms with Gasteiger partial charge in [0.1, 0.15) is 5.75 Å². The Labute approximate surface area is 177 Å². The molecule has 1 aliphatic rings. The third-order valence-corrected chi connectivity index (χ3v) is 4.70. The third-order valence-electron chi connectivity index (χ3n) is 3.64. The van der Waals surface area contributed by atoms with Crippen molar-refractivity contribution >= 4 is 22.8 Å². The van der Waals surface area contributed by atoms with Crippen molar-refractivity contribution in [1.82, 2.24) is 5.32 Å². The van der Waals surface area contributed by atoms with Gasteiger partial charge in [-0.05, 0) is 24.3 Å². The summed E-state index contributed by atoms with van der Waals surface area (Å²) < 4.78 is 171. The lowest BCUT2D eigenvalue weighted by Crippen LogP contribution is -2.55. The van der Waals surface area contributed by atoms with Crippen molar-refractivity contribution in [3.05, 3.63) is 40.6 Å². The van der Waals surface area contributed by atoms with Crippen molar-refractivity contribution in [1.29, 1.82) is 0 Å². The van der Waals surface area contributed by atoms with Crippen molar-refractivity contribution in [2.45, 2.75) is 30.4 Å². The maximum atomic E-state index is 13.6. The summed E-state index contributed by atoms with van der Waals surface area (Å²) in [7, 11) is 0. The van der Waals surface area contributed by atoms with E-state index >= 15 is 0 Å². The highest BCUT2D eigenvalue weighted by Gasteiger charge is 2.77. The quantitative estimate of drug-likeness (QED) is 0.482. The molecule has 0 radical (unpaired) electrons. The smallest absolute Gasteiger partial charge is 0.406 e. The Morgan fingerprint density at radius 3 is 1.76 bits per heavy atom. The van der Waals surface area contributed by atoms with Crippen molar-refractivity contribution < 1.29 is 66.6 Å². The Balaban J connectivity index is 2.46. The molecule has 0 aliphatic carbocycles. The van der Waals surface area contributed by atoms with Gasteiger partial charge in [-0.25, -0.2) is 9.38 Å². The first-order valence-electron chi connectivity index (χ1n) is 7.75. The van der Waals surface area contributed by atoms with Gasteiger partial charge in [-0.2, -0.15) is 39.5 Å². The Kier molecular flexibility index (Phi) is 6.67. The minimum Gasteiger partial charge on any atom is -0.406 e. The summed E-state index contributed by atoms with van der Waals surface area (Å²) in [4.78, 5) is 11.2. The van der Waals surface area contributed by atoms with Crippen LogP contribution in [0, 0.1) is 0 Å². The van der Waals surface area contributed by atoms with Crippen molar-refractivity contribution in [2.24, 2.45) is 4.99 Å². The van der Waals surface area contributed by atoms with Gasteiger partial charge in [0.2, 0.25) is 5.83 Å². The predicted octanol–water partition coefficient (Wildman–Crippen LogP) is 6.02. The van der Waals surface area contributed by atoms with E-state index in [2.05, 4.69) is 9.73 Å². The molecule has 1 amide bonds. The van der Waals surface area contributed by atoms with E-state index in [0.717, 1.165) is 0 Å². The van der Waals surface area contributed by atoms with Crippen LogP contribution in [0.15, 0.2) is 40.0 Å². The number of alkyl halides is 12. The van der Waals surface area contributed by atoms with Crippen LogP contribution in [0.4, 0.5) is 57.1 Å². The number of carbonyl (C=O) groups excluding carboxylic acids is 1. The van der Waals surface area contributed by atoms with E-state index in [9.17, 15) is 61.9 Å². The molecular formula is C15H5F13N2O2S.